The number of nitrogens with one attached hydrogen (secondary N) is 1. The third-order valence-electron chi connectivity index (χ3n) is 4.94. The van der Waals surface area contributed by atoms with Gasteiger partial charge in [-0.15, -0.1) is 0 Å². The Morgan fingerprint density at radius 2 is 1.95 bits per heavy atom. The van der Waals surface area contributed by atoms with Crippen LogP contribution in [0.5, 0.6) is 0 Å². The maximum absolute atomic E-state index is 13.2. The van der Waals surface area contributed by atoms with E-state index in [4.69, 9.17) is 10.5 Å². The lowest BCUT2D eigenvalue weighted by Crippen LogP contribution is -2.53. The molecule has 2 fully saturated rings. The van der Waals surface area contributed by atoms with Crippen molar-refractivity contribution < 1.29 is 13.9 Å². The fraction of sp³-hybridized carbons (Fsp3) is 0.588. The Morgan fingerprint density at radius 1 is 1.32 bits per heavy atom. The molecule has 1 aromatic rings. The molecule has 1 aliphatic heterocycles. The zero-order chi connectivity index (χ0) is 15.6. The van der Waals surface area contributed by atoms with Gasteiger partial charge >= 0.3 is 0 Å². The minimum Gasteiger partial charge on any atom is -0.381 e. The smallest absolute Gasteiger partial charge is 0.231 e. The summed E-state index contributed by atoms with van der Waals surface area (Å²) in [5.41, 5.74) is 6.04. The third-order valence-corrected chi connectivity index (χ3v) is 4.94. The molecule has 1 heterocycles. The van der Waals surface area contributed by atoms with Crippen molar-refractivity contribution >= 4 is 5.91 Å². The van der Waals surface area contributed by atoms with E-state index >= 15 is 0 Å². The summed E-state index contributed by atoms with van der Waals surface area (Å²) in [7, 11) is 0. The first kappa shape index (κ1) is 15.4. The Labute approximate surface area is 130 Å². The van der Waals surface area contributed by atoms with Crippen molar-refractivity contribution in [3.63, 3.8) is 0 Å². The summed E-state index contributed by atoms with van der Waals surface area (Å²) in [5, 5.41) is 3.14. The van der Waals surface area contributed by atoms with Crippen LogP contribution < -0.4 is 11.1 Å². The van der Waals surface area contributed by atoms with Gasteiger partial charge in [0.1, 0.15) is 5.82 Å². The lowest BCUT2D eigenvalue weighted by molar-refractivity contribution is -0.131. The molecule has 0 aromatic heterocycles. The lowest BCUT2D eigenvalue weighted by atomic mass is 9.73. The van der Waals surface area contributed by atoms with Crippen LogP contribution in [0.15, 0.2) is 24.3 Å². The standard InChI is InChI=1S/C17H23FN2O2/c18-14-5-3-13(4-6-14)17(7-9-22-10-8-17)16(21)20-15(11-19)12-1-2-12/h3-6,12,15H,1-2,7-11,19H2,(H,20,21). The van der Waals surface area contributed by atoms with Gasteiger partial charge in [0.15, 0.2) is 0 Å². The molecule has 1 aliphatic carbocycles. The first-order valence-electron chi connectivity index (χ1n) is 8.00. The van der Waals surface area contributed by atoms with Crippen molar-refractivity contribution in [1.82, 2.24) is 5.32 Å². The van der Waals surface area contributed by atoms with Gasteiger partial charge in [-0.25, -0.2) is 4.39 Å². The third kappa shape index (κ3) is 3.01. The van der Waals surface area contributed by atoms with Crippen LogP contribution in [0.25, 0.3) is 0 Å². The van der Waals surface area contributed by atoms with E-state index in [2.05, 4.69) is 5.32 Å². The number of rotatable bonds is 5. The van der Waals surface area contributed by atoms with Gasteiger partial charge in [-0.1, -0.05) is 12.1 Å². The maximum Gasteiger partial charge on any atom is 0.231 e. The second-order valence-corrected chi connectivity index (χ2v) is 6.35. The van der Waals surface area contributed by atoms with Crippen LogP contribution in [-0.4, -0.2) is 31.7 Å². The largest absolute Gasteiger partial charge is 0.381 e. The van der Waals surface area contributed by atoms with Gasteiger partial charge in [0.05, 0.1) is 5.41 Å². The number of amides is 1. The van der Waals surface area contributed by atoms with Gasteiger partial charge in [0.25, 0.3) is 0 Å². The topological polar surface area (TPSA) is 64.3 Å². The average Bonchev–Trinajstić information content (AvgIpc) is 3.38. The summed E-state index contributed by atoms with van der Waals surface area (Å²) in [4.78, 5) is 13.0. The van der Waals surface area contributed by atoms with Crippen molar-refractivity contribution in [3.8, 4) is 0 Å². The molecule has 1 unspecified atom stereocenters. The molecular formula is C17H23FN2O2. The molecule has 1 saturated heterocycles. The molecule has 4 nitrogen and oxygen atoms in total. The highest BCUT2D eigenvalue weighted by Crippen LogP contribution is 2.37. The van der Waals surface area contributed by atoms with Crippen LogP contribution >= 0.6 is 0 Å². The van der Waals surface area contributed by atoms with Crippen molar-refractivity contribution in [2.45, 2.75) is 37.1 Å². The maximum atomic E-state index is 13.2. The summed E-state index contributed by atoms with van der Waals surface area (Å²) in [6.45, 7) is 1.55. The minimum atomic E-state index is -0.631. The zero-order valence-corrected chi connectivity index (χ0v) is 12.7. The van der Waals surface area contributed by atoms with Gasteiger partial charge in [-0.05, 0) is 49.3 Å². The van der Waals surface area contributed by atoms with E-state index in [1.54, 1.807) is 12.1 Å². The van der Waals surface area contributed by atoms with Crippen LogP contribution in [-0.2, 0) is 14.9 Å². The molecule has 3 rings (SSSR count). The number of hydrogen-bond acceptors (Lipinski definition) is 3. The predicted molar refractivity (Wildman–Crippen MR) is 81.8 cm³/mol. The molecule has 2 aliphatic rings. The Hall–Kier alpha value is -1.46. The van der Waals surface area contributed by atoms with Crippen LogP contribution in [0.1, 0.15) is 31.2 Å². The molecule has 22 heavy (non-hydrogen) atoms. The van der Waals surface area contributed by atoms with E-state index in [9.17, 15) is 9.18 Å². The van der Waals surface area contributed by atoms with Crippen molar-refractivity contribution in [1.29, 1.82) is 0 Å². The number of carbonyl (C=O) groups is 1. The van der Waals surface area contributed by atoms with Crippen LogP contribution in [0.2, 0.25) is 0 Å². The summed E-state index contributed by atoms with van der Waals surface area (Å²) in [6, 6.07) is 6.32. The quantitative estimate of drug-likeness (QED) is 0.871. The molecule has 0 spiro atoms. The van der Waals surface area contributed by atoms with Crippen LogP contribution in [0, 0.1) is 11.7 Å². The number of benzene rings is 1. The van der Waals surface area contributed by atoms with E-state index in [0.717, 1.165) is 18.4 Å². The average molecular weight is 306 g/mol. The van der Waals surface area contributed by atoms with Crippen molar-refractivity contribution in [2.75, 3.05) is 19.8 Å². The summed E-state index contributed by atoms with van der Waals surface area (Å²) >= 11 is 0. The molecule has 0 bridgehead atoms. The minimum absolute atomic E-state index is 0.00441. The SMILES string of the molecule is NCC(NC(=O)C1(c2ccc(F)cc2)CCOCC1)C1CC1. The van der Waals surface area contributed by atoms with Crippen LogP contribution in [0.3, 0.4) is 0 Å². The number of carbonyl (C=O) groups excluding carboxylic acids is 1. The number of ether oxygens (including phenoxy) is 1. The lowest BCUT2D eigenvalue weighted by Gasteiger charge is -2.37. The van der Waals surface area contributed by atoms with E-state index in [1.165, 1.54) is 12.1 Å². The molecule has 3 N–H and O–H groups in total. The summed E-state index contributed by atoms with van der Waals surface area (Å²) in [5.74, 6) is 0.230. The fourth-order valence-corrected chi connectivity index (χ4v) is 3.31. The van der Waals surface area contributed by atoms with Crippen LogP contribution in [0.4, 0.5) is 4.39 Å². The molecule has 0 radical (unpaired) electrons. The van der Waals surface area contributed by atoms with Gasteiger partial charge in [-0.3, -0.25) is 4.79 Å². The highest BCUT2D eigenvalue weighted by molar-refractivity contribution is 5.88. The number of halogens is 1. The predicted octanol–water partition coefficient (Wildman–Crippen LogP) is 1.73. The van der Waals surface area contributed by atoms with Gasteiger partial charge in [-0.2, -0.15) is 0 Å². The molecule has 5 heteroatoms. The summed E-state index contributed by atoms with van der Waals surface area (Å²) in [6.07, 6.45) is 3.50. The molecular weight excluding hydrogens is 283 g/mol. The first-order valence-corrected chi connectivity index (χ1v) is 8.00. The van der Waals surface area contributed by atoms with Gasteiger partial charge in [0, 0.05) is 25.8 Å². The molecule has 1 atom stereocenters. The Kier molecular flexibility index (Phi) is 4.45. The second kappa shape index (κ2) is 6.34. The molecule has 120 valence electrons. The molecule has 1 amide bonds. The highest BCUT2D eigenvalue weighted by Gasteiger charge is 2.43. The number of hydrogen-bond donors (Lipinski definition) is 2. The van der Waals surface area contributed by atoms with Crippen molar-refractivity contribution in [2.24, 2.45) is 11.7 Å². The number of nitrogens with two attached hydrogens (primary N) is 1. The Morgan fingerprint density at radius 3 is 2.50 bits per heavy atom. The Balaban J connectivity index is 1.84. The normalized spacial score (nSPS) is 22.1. The molecule has 1 aromatic carbocycles. The Bertz CT molecular complexity index is 522. The van der Waals surface area contributed by atoms with Gasteiger partial charge < -0.3 is 15.8 Å². The van der Waals surface area contributed by atoms with E-state index in [1.807, 2.05) is 0 Å². The van der Waals surface area contributed by atoms with Crippen molar-refractivity contribution in [3.05, 3.63) is 35.6 Å². The highest BCUT2D eigenvalue weighted by atomic mass is 19.1. The summed E-state index contributed by atoms with van der Waals surface area (Å²) < 4.78 is 18.6. The van der Waals surface area contributed by atoms with E-state index in [0.29, 0.717) is 38.5 Å². The van der Waals surface area contributed by atoms with Gasteiger partial charge in [0.2, 0.25) is 5.91 Å². The fourth-order valence-electron chi connectivity index (χ4n) is 3.31. The zero-order valence-electron chi connectivity index (χ0n) is 12.7. The monoisotopic (exact) mass is 306 g/mol. The molecule has 1 saturated carbocycles. The first-order chi connectivity index (χ1) is 10.7. The van der Waals surface area contributed by atoms with E-state index in [-0.39, 0.29) is 17.8 Å². The van der Waals surface area contributed by atoms with E-state index < -0.39 is 5.41 Å². The second-order valence-electron chi connectivity index (χ2n) is 6.35.